The van der Waals surface area contributed by atoms with Gasteiger partial charge in [0.25, 0.3) is 0 Å². The van der Waals surface area contributed by atoms with Gasteiger partial charge in [0.05, 0.1) is 5.25 Å². The van der Waals surface area contributed by atoms with Crippen molar-refractivity contribution >= 4 is 27.4 Å². The van der Waals surface area contributed by atoms with E-state index in [9.17, 15) is 13.2 Å². The molecule has 0 aromatic heterocycles. The lowest BCUT2D eigenvalue weighted by molar-refractivity contribution is -0.139. The number of carbonyl (C=O) groups is 1. The van der Waals surface area contributed by atoms with Crippen LogP contribution in [0.3, 0.4) is 0 Å². The minimum Gasteiger partial charge on any atom is -0.480 e. The number of carboxylic acid groups (broad SMARTS) is 1. The van der Waals surface area contributed by atoms with Crippen molar-refractivity contribution in [2.75, 3.05) is 6.26 Å². The van der Waals surface area contributed by atoms with Crippen molar-refractivity contribution in [2.45, 2.75) is 16.7 Å². The molecule has 0 aliphatic heterocycles. The number of carboxylic acids is 1. The highest BCUT2D eigenvalue weighted by atomic mass is 35.5. The van der Waals surface area contributed by atoms with E-state index in [1.54, 1.807) is 24.3 Å². The summed E-state index contributed by atoms with van der Waals surface area (Å²) in [4.78, 5) is 11.2. The molecule has 2 rings (SSSR count). The fraction of sp³-hybridized carbons (Fsp3) is 0.364. The fourth-order valence-corrected chi connectivity index (χ4v) is 4.23. The van der Waals surface area contributed by atoms with Crippen LogP contribution in [-0.2, 0) is 14.6 Å². The quantitative estimate of drug-likeness (QED) is 0.851. The first-order chi connectivity index (χ1) is 8.19. The second-order valence-electron chi connectivity index (χ2n) is 4.52. The largest absolute Gasteiger partial charge is 0.480 e. The Hall–Kier alpha value is -1.11. The van der Waals surface area contributed by atoms with Crippen LogP contribution in [0.15, 0.2) is 24.3 Å². The third-order valence-electron chi connectivity index (χ3n) is 3.24. The molecule has 1 aromatic carbocycles. The van der Waals surface area contributed by atoms with Gasteiger partial charge in [0, 0.05) is 17.2 Å². The van der Waals surface area contributed by atoms with E-state index in [4.69, 9.17) is 22.4 Å². The number of benzene rings is 1. The number of nitrogens with two attached hydrogens (primary N) is 1. The molecule has 7 heteroatoms. The molecule has 98 valence electrons. The van der Waals surface area contributed by atoms with E-state index >= 15 is 0 Å². The number of rotatable bonds is 3. The monoisotopic (exact) mass is 289 g/mol. The molecule has 3 atom stereocenters. The van der Waals surface area contributed by atoms with E-state index in [1.165, 1.54) is 0 Å². The Balaban J connectivity index is 2.45. The van der Waals surface area contributed by atoms with Gasteiger partial charge in [0.2, 0.25) is 0 Å². The zero-order valence-corrected chi connectivity index (χ0v) is 11.1. The molecular formula is C11H12ClNO4S. The Morgan fingerprint density at radius 3 is 2.22 bits per heavy atom. The first kappa shape index (κ1) is 13.3. The molecule has 1 aliphatic carbocycles. The molecule has 1 aromatic rings. The zero-order valence-electron chi connectivity index (χ0n) is 9.50. The van der Waals surface area contributed by atoms with Crippen molar-refractivity contribution in [3.05, 3.63) is 34.9 Å². The Morgan fingerprint density at radius 2 is 1.89 bits per heavy atom. The van der Waals surface area contributed by atoms with Gasteiger partial charge in [-0.15, -0.1) is 0 Å². The van der Waals surface area contributed by atoms with Crippen molar-refractivity contribution in [2.24, 2.45) is 5.73 Å². The van der Waals surface area contributed by atoms with Gasteiger partial charge in [-0.2, -0.15) is 0 Å². The molecule has 5 nitrogen and oxygen atoms in total. The Bertz CT molecular complexity index is 598. The second-order valence-corrected chi connectivity index (χ2v) is 7.12. The third-order valence-corrected chi connectivity index (χ3v) is 5.08. The van der Waals surface area contributed by atoms with E-state index < -0.39 is 32.5 Å². The molecule has 1 fully saturated rings. The first-order valence-electron chi connectivity index (χ1n) is 5.15. The van der Waals surface area contributed by atoms with Crippen molar-refractivity contribution in [3.8, 4) is 0 Å². The fourth-order valence-electron chi connectivity index (χ4n) is 2.35. The number of halogens is 1. The molecular weight excluding hydrogens is 278 g/mol. The standard InChI is InChI=1S/C11H12ClNO4S/c1-18(16,17)9-8(11(9,13)10(14)15)6-2-4-7(12)5-3-6/h2-5,8-9H,13H2,1H3,(H,14,15)/t8-,9-,11+/m1/s1. The van der Waals surface area contributed by atoms with Crippen molar-refractivity contribution in [3.63, 3.8) is 0 Å². The van der Waals surface area contributed by atoms with Crippen LogP contribution < -0.4 is 5.73 Å². The van der Waals surface area contributed by atoms with E-state index in [-0.39, 0.29) is 0 Å². The highest BCUT2D eigenvalue weighted by Crippen LogP contribution is 2.54. The van der Waals surface area contributed by atoms with Gasteiger partial charge in [-0.25, -0.2) is 8.42 Å². The lowest BCUT2D eigenvalue weighted by atomic mass is 10.1. The van der Waals surface area contributed by atoms with Crippen LogP contribution in [0.2, 0.25) is 5.02 Å². The summed E-state index contributed by atoms with van der Waals surface area (Å²) < 4.78 is 23.2. The molecule has 18 heavy (non-hydrogen) atoms. The molecule has 1 saturated carbocycles. The Labute approximate surface area is 109 Å². The molecule has 0 heterocycles. The van der Waals surface area contributed by atoms with Gasteiger partial charge in [-0.05, 0) is 17.7 Å². The topological polar surface area (TPSA) is 97.5 Å². The molecule has 0 radical (unpaired) electrons. The van der Waals surface area contributed by atoms with E-state index in [0.29, 0.717) is 10.6 Å². The van der Waals surface area contributed by atoms with E-state index in [1.807, 2.05) is 0 Å². The number of aliphatic carboxylic acids is 1. The summed E-state index contributed by atoms with van der Waals surface area (Å²) >= 11 is 5.73. The van der Waals surface area contributed by atoms with Crippen molar-refractivity contribution < 1.29 is 18.3 Å². The van der Waals surface area contributed by atoms with Crippen LogP contribution in [0.1, 0.15) is 11.5 Å². The van der Waals surface area contributed by atoms with E-state index in [0.717, 1.165) is 6.26 Å². The lowest BCUT2D eigenvalue weighted by Gasteiger charge is -2.04. The second kappa shape index (κ2) is 3.94. The maximum Gasteiger partial charge on any atom is 0.325 e. The zero-order chi connectivity index (χ0) is 13.7. The minimum atomic E-state index is -3.53. The molecule has 0 amide bonds. The summed E-state index contributed by atoms with van der Waals surface area (Å²) in [5.74, 6) is -2.04. The molecule has 0 spiro atoms. The van der Waals surface area contributed by atoms with Crippen LogP contribution in [0.4, 0.5) is 0 Å². The van der Waals surface area contributed by atoms with Crippen molar-refractivity contribution in [1.82, 2.24) is 0 Å². The average Bonchev–Trinajstić information content (AvgIpc) is 2.87. The summed E-state index contributed by atoms with van der Waals surface area (Å²) in [7, 11) is -3.53. The molecule has 0 saturated heterocycles. The average molecular weight is 290 g/mol. The summed E-state index contributed by atoms with van der Waals surface area (Å²) in [6.45, 7) is 0. The van der Waals surface area contributed by atoms with E-state index in [2.05, 4.69) is 0 Å². The van der Waals surface area contributed by atoms with Gasteiger partial charge >= 0.3 is 5.97 Å². The highest BCUT2D eigenvalue weighted by Gasteiger charge is 2.73. The SMILES string of the molecule is CS(=O)(=O)[C@@H]1[C@@H](c2ccc(Cl)cc2)[C@@]1(N)C(=O)O. The maximum atomic E-state index is 11.6. The van der Waals surface area contributed by atoms with Crippen molar-refractivity contribution in [1.29, 1.82) is 0 Å². The summed E-state index contributed by atoms with van der Waals surface area (Å²) in [6.07, 6.45) is 0.998. The predicted molar refractivity (Wildman–Crippen MR) is 67.4 cm³/mol. The smallest absolute Gasteiger partial charge is 0.325 e. The van der Waals surface area contributed by atoms with Gasteiger partial charge in [0.15, 0.2) is 9.84 Å². The van der Waals surface area contributed by atoms with Crippen LogP contribution in [0.25, 0.3) is 0 Å². The maximum absolute atomic E-state index is 11.6. The summed E-state index contributed by atoms with van der Waals surface area (Å²) in [5.41, 5.74) is 4.54. The number of sulfone groups is 1. The number of hydrogen-bond donors (Lipinski definition) is 2. The molecule has 0 bridgehead atoms. The first-order valence-corrected chi connectivity index (χ1v) is 7.49. The van der Waals surface area contributed by atoms with Gasteiger partial charge < -0.3 is 10.8 Å². The molecule has 1 aliphatic rings. The van der Waals surface area contributed by atoms with Gasteiger partial charge in [0.1, 0.15) is 5.54 Å². The van der Waals surface area contributed by atoms with Crippen LogP contribution in [0, 0.1) is 0 Å². The highest BCUT2D eigenvalue weighted by molar-refractivity contribution is 7.91. The van der Waals surface area contributed by atoms with Crippen LogP contribution >= 0.6 is 11.6 Å². The molecule has 0 unspecified atom stereocenters. The van der Waals surface area contributed by atoms with Gasteiger partial charge in [-0.3, -0.25) is 4.79 Å². The lowest BCUT2D eigenvalue weighted by Crippen LogP contribution is -2.39. The Kier molecular flexibility index (Phi) is 2.92. The van der Waals surface area contributed by atoms with Crippen LogP contribution in [0.5, 0.6) is 0 Å². The summed E-state index contributed by atoms with van der Waals surface area (Å²) in [5, 5.41) is 8.52. The van der Waals surface area contributed by atoms with Crippen LogP contribution in [-0.4, -0.2) is 36.5 Å². The summed E-state index contributed by atoms with van der Waals surface area (Å²) in [6, 6.07) is 6.36. The number of hydrogen-bond acceptors (Lipinski definition) is 4. The third kappa shape index (κ3) is 1.90. The minimum absolute atomic E-state index is 0.494. The predicted octanol–water partition coefficient (Wildman–Crippen LogP) is 0.633. The normalized spacial score (nSPS) is 31.1. The van der Waals surface area contributed by atoms with Gasteiger partial charge in [-0.1, -0.05) is 23.7 Å². The Morgan fingerprint density at radius 1 is 1.39 bits per heavy atom. The molecule has 3 N–H and O–H groups in total.